The second-order valence-corrected chi connectivity index (χ2v) is 5.89. The molecule has 0 radical (unpaired) electrons. The number of anilines is 1. The lowest BCUT2D eigenvalue weighted by Gasteiger charge is -2.19. The zero-order valence-corrected chi connectivity index (χ0v) is 10.9. The summed E-state index contributed by atoms with van der Waals surface area (Å²) in [6.07, 6.45) is 2.96. The van der Waals surface area contributed by atoms with Crippen molar-refractivity contribution in [1.29, 1.82) is 0 Å². The molecule has 2 rings (SSSR count). The highest BCUT2D eigenvalue weighted by atomic mass is 19.1. The molecule has 0 aromatic heterocycles. The van der Waals surface area contributed by atoms with Gasteiger partial charge in [0.1, 0.15) is 17.3 Å². The van der Waals surface area contributed by atoms with Crippen LogP contribution in [0.25, 0.3) is 0 Å². The van der Waals surface area contributed by atoms with Gasteiger partial charge in [-0.3, -0.25) is 0 Å². The maximum absolute atomic E-state index is 13.8. The van der Waals surface area contributed by atoms with Crippen LogP contribution < -0.4 is 11.1 Å². The Morgan fingerprint density at radius 2 is 1.94 bits per heavy atom. The molecular weight excluding hydrogens is 234 g/mol. The van der Waals surface area contributed by atoms with E-state index in [0.717, 1.165) is 19.3 Å². The predicted octanol–water partition coefficient (Wildman–Crippen LogP) is 3.41. The molecule has 1 aromatic carbocycles. The summed E-state index contributed by atoms with van der Waals surface area (Å²) < 4.78 is 27.6. The van der Waals surface area contributed by atoms with Gasteiger partial charge in [-0.1, -0.05) is 13.8 Å². The van der Waals surface area contributed by atoms with E-state index in [4.69, 9.17) is 5.73 Å². The first-order chi connectivity index (χ1) is 8.41. The molecule has 1 saturated carbocycles. The van der Waals surface area contributed by atoms with E-state index in [-0.39, 0.29) is 23.7 Å². The van der Waals surface area contributed by atoms with E-state index >= 15 is 0 Å². The lowest BCUT2D eigenvalue weighted by Crippen LogP contribution is -2.19. The summed E-state index contributed by atoms with van der Waals surface area (Å²) in [6.45, 7) is 4.50. The predicted molar refractivity (Wildman–Crippen MR) is 69.3 cm³/mol. The van der Waals surface area contributed by atoms with Crippen LogP contribution in [0.3, 0.4) is 0 Å². The highest BCUT2D eigenvalue weighted by Crippen LogP contribution is 2.38. The van der Waals surface area contributed by atoms with Crippen LogP contribution >= 0.6 is 0 Å². The summed E-state index contributed by atoms with van der Waals surface area (Å²) in [5.41, 5.74) is 6.09. The molecule has 0 amide bonds. The third kappa shape index (κ3) is 2.80. The van der Waals surface area contributed by atoms with E-state index in [9.17, 15) is 8.78 Å². The van der Waals surface area contributed by atoms with E-state index in [2.05, 4.69) is 19.2 Å². The third-order valence-electron chi connectivity index (χ3n) is 3.65. The van der Waals surface area contributed by atoms with Crippen LogP contribution in [0.2, 0.25) is 0 Å². The van der Waals surface area contributed by atoms with Crippen molar-refractivity contribution in [3.8, 4) is 0 Å². The van der Waals surface area contributed by atoms with Gasteiger partial charge in [0, 0.05) is 12.6 Å². The molecule has 18 heavy (non-hydrogen) atoms. The van der Waals surface area contributed by atoms with Crippen molar-refractivity contribution in [3.05, 3.63) is 29.3 Å². The van der Waals surface area contributed by atoms with E-state index in [1.807, 2.05) is 0 Å². The minimum absolute atomic E-state index is 0.0186. The molecule has 1 fully saturated rings. The van der Waals surface area contributed by atoms with Crippen molar-refractivity contribution in [1.82, 2.24) is 0 Å². The number of rotatable bonds is 3. The molecule has 0 bridgehead atoms. The van der Waals surface area contributed by atoms with Crippen molar-refractivity contribution in [2.24, 2.45) is 11.1 Å². The topological polar surface area (TPSA) is 38.0 Å². The Labute approximate surface area is 107 Å². The highest BCUT2D eigenvalue weighted by molar-refractivity contribution is 5.49. The lowest BCUT2D eigenvalue weighted by molar-refractivity contribution is 0.378. The average Bonchev–Trinajstić information content (AvgIpc) is 2.63. The minimum Gasteiger partial charge on any atom is -0.378 e. The van der Waals surface area contributed by atoms with Crippen LogP contribution in [0, 0.1) is 17.0 Å². The monoisotopic (exact) mass is 254 g/mol. The molecule has 0 spiro atoms. The van der Waals surface area contributed by atoms with Crippen LogP contribution in [0.1, 0.15) is 38.7 Å². The normalized spacial score (nSPS) is 22.2. The van der Waals surface area contributed by atoms with Gasteiger partial charge in [-0.05, 0) is 42.4 Å². The van der Waals surface area contributed by atoms with Gasteiger partial charge in [0.05, 0.1) is 0 Å². The van der Waals surface area contributed by atoms with Crippen molar-refractivity contribution in [2.75, 3.05) is 5.32 Å². The maximum atomic E-state index is 13.8. The Morgan fingerprint density at radius 1 is 1.33 bits per heavy atom. The number of benzene rings is 1. The smallest absolute Gasteiger partial charge is 0.149 e. The van der Waals surface area contributed by atoms with Crippen molar-refractivity contribution in [3.63, 3.8) is 0 Å². The molecule has 1 unspecified atom stereocenters. The zero-order valence-electron chi connectivity index (χ0n) is 10.9. The largest absolute Gasteiger partial charge is 0.378 e. The Balaban J connectivity index is 2.15. The summed E-state index contributed by atoms with van der Waals surface area (Å²) >= 11 is 0. The number of halogens is 2. The fraction of sp³-hybridized carbons (Fsp3) is 0.571. The van der Waals surface area contributed by atoms with Crippen LogP contribution in [-0.4, -0.2) is 6.04 Å². The van der Waals surface area contributed by atoms with E-state index in [0.29, 0.717) is 5.56 Å². The standard InChI is InChI=1S/C14H20F2N2/c1-14(2)4-3-10(7-14)18-13-11(15)5-9(8-17)6-12(13)16/h5-6,10,18H,3-4,7-8,17H2,1-2H3. The van der Waals surface area contributed by atoms with E-state index < -0.39 is 11.6 Å². The second kappa shape index (κ2) is 4.84. The quantitative estimate of drug-likeness (QED) is 0.867. The fourth-order valence-electron chi connectivity index (χ4n) is 2.64. The van der Waals surface area contributed by atoms with Crippen molar-refractivity contribution in [2.45, 2.75) is 45.7 Å². The minimum atomic E-state index is -0.555. The molecule has 2 nitrogen and oxygen atoms in total. The average molecular weight is 254 g/mol. The molecule has 100 valence electrons. The zero-order chi connectivity index (χ0) is 13.3. The third-order valence-corrected chi connectivity index (χ3v) is 3.65. The van der Waals surface area contributed by atoms with E-state index in [1.165, 1.54) is 12.1 Å². The Hall–Kier alpha value is -1.16. The Morgan fingerprint density at radius 3 is 2.39 bits per heavy atom. The number of nitrogens with one attached hydrogen (secondary N) is 1. The second-order valence-electron chi connectivity index (χ2n) is 5.89. The first-order valence-corrected chi connectivity index (χ1v) is 6.36. The highest BCUT2D eigenvalue weighted by Gasteiger charge is 2.31. The Bertz CT molecular complexity index is 420. The van der Waals surface area contributed by atoms with Gasteiger partial charge < -0.3 is 11.1 Å². The summed E-state index contributed by atoms with van der Waals surface area (Å²) in [7, 11) is 0. The maximum Gasteiger partial charge on any atom is 0.149 e. The van der Waals surface area contributed by atoms with Gasteiger partial charge in [0.2, 0.25) is 0 Å². The molecule has 3 N–H and O–H groups in total. The van der Waals surface area contributed by atoms with E-state index in [1.54, 1.807) is 0 Å². The van der Waals surface area contributed by atoms with Crippen LogP contribution in [-0.2, 0) is 6.54 Å². The van der Waals surface area contributed by atoms with Gasteiger partial charge in [-0.25, -0.2) is 8.78 Å². The summed E-state index contributed by atoms with van der Waals surface area (Å²) in [4.78, 5) is 0. The van der Waals surface area contributed by atoms with Crippen molar-refractivity contribution < 1.29 is 8.78 Å². The number of nitrogens with two attached hydrogens (primary N) is 1. The van der Waals surface area contributed by atoms with Gasteiger partial charge in [-0.15, -0.1) is 0 Å². The molecular formula is C14H20F2N2. The summed E-state index contributed by atoms with van der Waals surface area (Å²) in [5, 5.41) is 2.99. The van der Waals surface area contributed by atoms with Crippen molar-refractivity contribution >= 4 is 5.69 Å². The van der Waals surface area contributed by atoms with Gasteiger partial charge >= 0.3 is 0 Å². The number of hydrogen-bond donors (Lipinski definition) is 2. The summed E-state index contributed by atoms with van der Waals surface area (Å²) in [6, 6.07) is 2.74. The van der Waals surface area contributed by atoms with Gasteiger partial charge in [0.15, 0.2) is 0 Å². The summed E-state index contributed by atoms with van der Waals surface area (Å²) in [5.74, 6) is -1.11. The molecule has 1 aliphatic rings. The molecule has 1 aromatic rings. The SMILES string of the molecule is CC1(C)CCC(Nc2c(F)cc(CN)cc2F)C1. The lowest BCUT2D eigenvalue weighted by atomic mass is 9.92. The first kappa shape index (κ1) is 13.3. The molecule has 0 heterocycles. The molecule has 4 heteroatoms. The molecule has 0 aliphatic heterocycles. The van der Waals surface area contributed by atoms with Crippen LogP contribution in [0.4, 0.5) is 14.5 Å². The fourth-order valence-corrected chi connectivity index (χ4v) is 2.64. The van der Waals surface area contributed by atoms with Crippen LogP contribution in [0.5, 0.6) is 0 Å². The molecule has 1 atom stereocenters. The molecule has 0 saturated heterocycles. The van der Waals surface area contributed by atoms with Gasteiger partial charge in [0.25, 0.3) is 0 Å². The first-order valence-electron chi connectivity index (χ1n) is 6.36. The molecule has 1 aliphatic carbocycles. The van der Waals surface area contributed by atoms with Gasteiger partial charge in [-0.2, -0.15) is 0 Å². The Kier molecular flexibility index (Phi) is 3.57. The number of hydrogen-bond acceptors (Lipinski definition) is 2. The van der Waals surface area contributed by atoms with Crippen LogP contribution in [0.15, 0.2) is 12.1 Å².